The Bertz CT molecular complexity index is 466. The van der Waals surface area contributed by atoms with E-state index in [0.717, 1.165) is 19.0 Å². The quantitative estimate of drug-likeness (QED) is 0.401. The lowest BCUT2D eigenvalue weighted by Gasteiger charge is -2.27. The monoisotopic (exact) mass is 453 g/mol. The van der Waals surface area contributed by atoms with Crippen LogP contribution in [0.5, 0.6) is 0 Å². The van der Waals surface area contributed by atoms with E-state index in [0.29, 0.717) is 4.75 Å². The SMILES string of the molecule is CN=C(NCC1(C)CCCS1)NCC(C)(C)c1cccs1.I. The van der Waals surface area contributed by atoms with Crippen LogP contribution in [0.3, 0.4) is 0 Å². The lowest BCUT2D eigenvalue weighted by atomic mass is 9.91. The highest BCUT2D eigenvalue weighted by molar-refractivity contribution is 14.0. The molecule has 0 amide bonds. The minimum atomic E-state index is 0. The lowest BCUT2D eigenvalue weighted by Crippen LogP contribution is -2.46. The van der Waals surface area contributed by atoms with E-state index in [1.165, 1.54) is 23.5 Å². The highest BCUT2D eigenvalue weighted by atomic mass is 127. The van der Waals surface area contributed by atoms with Gasteiger partial charge in [-0.1, -0.05) is 19.9 Å². The van der Waals surface area contributed by atoms with Crippen LogP contribution in [0.15, 0.2) is 22.5 Å². The van der Waals surface area contributed by atoms with Gasteiger partial charge in [0.2, 0.25) is 0 Å². The molecule has 1 aromatic heterocycles. The van der Waals surface area contributed by atoms with Crippen LogP contribution in [0.2, 0.25) is 0 Å². The van der Waals surface area contributed by atoms with Gasteiger partial charge in [-0.3, -0.25) is 4.99 Å². The highest BCUT2D eigenvalue weighted by Crippen LogP contribution is 2.36. The molecule has 1 unspecified atom stereocenters. The smallest absolute Gasteiger partial charge is 0.191 e. The summed E-state index contributed by atoms with van der Waals surface area (Å²) in [6.07, 6.45) is 2.63. The second kappa shape index (κ2) is 8.78. The minimum absolute atomic E-state index is 0. The molecule has 0 aliphatic carbocycles. The summed E-state index contributed by atoms with van der Waals surface area (Å²) in [5.74, 6) is 2.20. The number of rotatable bonds is 5. The van der Waals surface area contributed by atoms with Crippen molar-refractivity contribution in [3.8, 4) is 0 Å². The Balaban J connectivity index is 0.00000242. The number of halogens is 1. The molecule has 3 nitrogen and oxygen atoms in total. The molecule has 0 spiro atoms. The summed E-state index contributed by atoms with van der Waals surface area (Å²) >= 11 is 3.89. The first kappa shape index (κ1) is 20.1. The standard InChI is InChI=1S/C16H27N3S2.HI/c1-15(2,13-7-5-9-20-13)11-18-14(17-4)19-12-16(3)8-6-10-21-16;/h5,7,9H,6,8,10-12H2,1-4H3,(H2,17,18,19);1H. The number of thiophene rings is 1. The lowest BCUT2D eigenvalue weighted by molar-refractivity contribution is 0.514. The van der Waals surface area contributed by atoms with E-state index in [-0.39, 0.29) is 29.4 Å². The van der Waals surface area contributed by atoms with Crippen LogP contribution in [0.1, 0.15) is 38.5 Å². The Labute approximate surface area is 160 Å². The van der Waals surface area contributed by atoms with Gasteiger partial charge >= 0.3 is 0 Å². The predicted molar refractivity (Wildman–Crippen MR) is 112 cm³/mol. The Morgan fingerprint density at radius 1 is 1.41 bits per heavy atom. The summed E-state index contributed by atoms with van der Waals surface area (Å²) in [5.41, 5.74) is 0.123. The second-order valence-electron chi connectivity index (χ2n) is 6.54. The molecule has 0 aromatic carbocycles. The molecule has 2 N–H and O–H groups in total. The van der Waals surface area contributed by atoms with Crippen LogP contribution in [0, 0.1) is 0 Å². The van der Waals surface area contributed by atoms with Crippen LogP contribution in [0.25, 0.3) is 0 Å². The van der Waals surface area contributed by atoms with Crippen molar-refractivity contribution in [2.24, 2.45) is 4.99 Å². The van der Waals surface area contributed by atoms with Gasteiger partial charge in [0.1, 0.15) is 0 Å². The van der Waals surface area contributed by atoms with Crippen LogP contribution in [0.4, 0.5) is 0 Å². The summed E-state index contributed by atoms with van der Waals surface area (Å²) in [6.45, 7) is 8.76. The molecule has 0 radical (unpaired) electrons. The van der Waals surface area contributed by atoms with Gasteiger partial charge in [-0.25, -0.2) is 0 Å². The van der Waals surface area contributed by atoms with Gasteiger partial charge in [-0.15, -0.1) is 35.3 Å². The van der Waals surface area contributed by atoms with Crippen molar-refractivity contribution in [3.05, 3.63) is 22.4 Å². The molecular weight excluding hydrogens is 425 g/mol. The minimum Gasteiger partial charge on any atom is -0.356 e. The van der Waals surface area contributed by atoms with Crippen molar-refractivity contribution in [2.45, 2.75) is 43.8 Å². The van der Waals surface area contributed by atoms with Crippen molar-refractivity contribution < 1.29 is 0 Å². The van der Waals surface area contributed by atoms with Crippen LogP contribution in [-0.4, -0.2) is 36.6 Å². The number of thioether (sulfide) groups is 1. The molecule has 1 atom stereocenters. The van der Waals surface area contributed by atoms with Gasteiger partial charge in [0.15, 0.2) is 5.96 Å². The first-order valence-electron chi connectivity index (χ1n) is 7.58. The molecule has 22 heavy (non-hydrogen) atoms. The van der Waals surface area contributed by atoms with Gasteiger partial charge in [0.25, 0.3) is 0 Å². The van der Waals surface area contributed by atoms with Gasteiger partial charge in [0.05, 0.1) is 0 Å². The molecule has 2 rings (SSSR count). The summed E-state index contributed by atoms with van der Waals surface area (Å²) in [5, 5.41) is 9.11. The molecular formula is C16H28IN3S2. The van der Waals surface area contributed by atoms with Crippen molar-refractivity contribution in [1.82, 2.24) is 10.6 Å². The molecule has 1 aliphatic rings. The average Bonchev–Trinajstić information content (AvgIpc) is 3.11. The average molecular weight is 453 g/mol. The van der Waals surface area contributed by atoms with Gasteiger partial charge in [-0.05, 0) is 37.0 Å². The molecule has 126 valence electrons. The summed E-state index contributed by atoms with van der Waals surface area (Å²) < 4.78 is 0.362. The van der Waals surface area contributed by atoms with Crippen LogP contribution >= 0.6 is 47.1 Å². The van der Waals surface area contributed by atoms with E-state index in [1.54, 1.807) is 0 Å². The van der Waals surface area contributed by atoms with Crippen LogP contribution < -0.4 is 10.6 Å². The Morgan fingerprint density at radius 2 is 2.18 bits per heavy atom. The van der Waals surface area contributed by atoms with Crippen molar-refractivity contribution >= 4 is 53.0 Å². The van der Waals surface area contributed by atoms with Gasteiger partial charge in [0, 0.05) is 35.2 Å². The van der Waals surface area contributed by atoms with Gasteiger partial charge < -0.3 is 10.6 Å². The molecule has 2 heterocycles. The first-order chi connectivity index (χ1) is 9.95. The number of guanidine groups is 1. The molecule has 1 aliphatic heterocycles. The molecule has 1 saturated heterocycles. The Kier molecular flexibility index (Phi) is 8.02. The zero-order valence-corrected chi connectivity index (χ0v) is 17.9. The third-order valence-electron chi connectivity index (χ3n) is 4.04. The number of nitrogens with one attached hydrogen (secondary N) is 2. The van der Waals surface area contributed by atoms with Crippen molar-refractivity contribution in [2.75, 3.05) is 25.9 Å². The zero-order valence-electron chi connectivity index (χ0n) is 13.9. The maximum Gasteiger partial charge on any atom is 0.191 e. The molecule has 6 heteroatoms. The van der Waals surface area contributed by atoms with Crippen LogP contribution in [-0.2, 0) is 5.41 Å². The van der Waals surface area contributed by atoms with E-state index < -0.39 is 0 Å². The Morgan fingerprint density at radius 3 is 2.73 bits per heavy atom. The molecule has 1 aromatic rings. The van der Waals surface area contributed by atoms with E-state index in [1.807, 2.05) is 18.4 Å². The van der Waals surface area contributed by atoms with E-state index >= 15 is 0 Å². The number of hydrogen-bond donors (Lipinski definition) is 2. The topological polar surface area (TPSA) is 36.4 Å². The number of hydrogen-bond acceptors (Lipinski definition) is 3. The number of nitrogens with zero attached hydrogens (tertiary/aromatic N) is 1. The summed E-state index contributed by atoms with van der Waals surface area (Å²) in [6, 6.07) is 4.33. The highest BCUT2D eigenvalue weighted by Gasteiger charge is 2.29. The Hall–Kier alpha value is 0.0500. The first-order valence-corrected chi connectivity index (χ1v) is 9.44. The van der Waals surface area contributed by atoms with Crippen molar-refractivity contribution in [3.63, 3.8) is 0 Å². The van der Waals surface area contributed by atoms with Gasteiger partial charge in [-0.2, -0.15) is 11.8 Å². The fraction of sp³-hybridized carbons (Fsp3) is 0.688. The second-order valence-corrected chi connectivity index (χ2v) is 9.17. The van der Waals surface area contributed by atoms with Crippen molar-refractivity contribution in [1.29, 1.82) is 0 Å². The fourth-order valence-electron chi connectivity index (χ4n) is 2.52. The fourth-order valence-corrected chi connectivity index (χ4v) is 4.62. The zero-order chi connectivity index (χ0) is 15.3. The maximum atomic E-state index is 4.35. The predicted octanol–water partition coefficient (Wildman–Crippen LogP) is 4.09. The maximum absolute atomic E-state index is 4.35. The molecule has 0 saturated carbocycles. The largest absolute Gasteiger partial charge is 0.356 e. The molecule has 0 bridgehead atoms. The third-order valence-corrected chi connectivity index (χ3v) is 6.81. The van der Waals surface area contributed by atoms with E-state index in [2.05, 4.69) is 65.7 Å². The molecule has 1 fully saturated rings. The summed E-state index contributed by atoms with van der Waals surface area (Å²) in [4.78, 5) is 5.76. The normalized spacial score (nSPS) is 22.3. The van der Waals surface area contributed by atoms with E-state index in [4.69, 9.17) is 0 Å². The van der Waals surface area contributed by atoms with E-state index in [9.17, 15) is 0 Å². The third kappa shape index (κ3) is 5.60. The number of aliphatic imine (C=N–C) groups is 1. The summed E-state index contributed by atoms with van der Waals surface area (Å²) in [7, 11) is 1.84.